The molecular formula is C68H78O12. The molecule has 3 fully saturated rings. The Morgan fingerprint density at radius 1 is 0.812 bits per heavy atom. The van der Waals surface area contributed by atoms with E-state index in [2.05, 4.69) is 84.9 Å². The number of rotatable bonds is 10. The molecule has 5 aliphatic carbocycles. The topological polar surface area (TPSA) is 182 Å². The highest BCUT2D eigenvalue weighted by atomic mass is 16.6. The average Bonchev–Trinajstić information content (AvgIpc) is 3.45. The molecule has 4 aromatic carbocycles. The summed E-state index contributed by atoms with van der Waals surface area (Å²) in [6, 6.07) is 30.7. The summed E-state index contributed by atoms with van der Waals surface area (Å²) in [6.07, 6.45) is 16.5. The van der Waals surface area contributed by atoms with Gasteiger partial charge in [-0.05, 0) is 170 Å². The van der Waals surface area contributed by atoms with Crippen molar-refractivity contribution in [3.8, 4) is 5.75 Å². The maximum atomic E-state index is 15.7. The first-order valence-corrected chi connectivity index (χ1v) is 29.9. The minimum Gasteiger partial charge on any atom is -0.482 e. The maximum absolute atomic E-state index is 15.7. The molecule has 2 bridgehead atoms. The number of esters is 2. The Morgan fingerprint density at radius 2 is 1.65 bits per heavy atom. The van der Waals surface area contributed by atoms with Crippen molar-refractivity contribution >= 4 is 22.9 Å². The minimum atomic E-state index is -1.34. The fourth-order valence-electron chi connectivity index (χ4n) is 16.6. The molecule has 12 nitrogen and oxygen atoms in total. The maximum Gasteiger partial charge on any atom is 0.340 e. The van der Waals surface area contributed by atoms with Crippen LogP contribution in [0.2, 0.25) is 0 Å². The van der Waals surface area contributed by atoms with Crippen LogP contribution < -0.4 is 10.4 Å². The summed E-state index contributed by atoms with van der Waals surface area (Å²) in [4.78, 5) is 45.5. The molecule has 13 rings (SSSR count). The normalized spacial score (nSPS) is 30.4. The lowest BCUT2D eigenvalue weighted by Gasteiger charge is -2.54. The Balaban J connectivity index is 0.987. The van der Waals surface area contributed by atoms with Gasteiger partial charge in [-0.2, -0.15) is 0 Å². The fraction of sp³-hybridized carbons (Fsp3) is 0.515. The number of aliphatic hydroxyl groups is 4. The largest absolute Gasteiger partial charge is 0.482 e. The Hall–Kier alpha value is -5.89. The van der Waals surface area contributed by atoms with Crippen LogP contribution in [0, 0.1) is 23.7 Å². The second-order valence-corrected chi connectivity index (χ2v) is 24.5. The molecule has 12 heteroatoms. The number of fused-ring (bicyclic) bond motifs is 16. The smallest absolute Gasteiger partial charge is 0.340 e. The summed E-state index contributed by atoms with van der Waals surface area (Å²) in [5.74, 6) is -0.908. The Labute approximate surface area is 469 Å². The number of allylic oxidation sites excluding steroid dienone is 1. The van der Waals surface area contributed by atoms with E-state index in [1.54, 1.807) is 19.1 Å². The number of benzene rings is 4. The summed E-state index contributed by atoms with van der Waals surface area (Å²) in [5, 5.41) is 41.9. The van der Waals surface area contributed by atoms with Crippen molar-refractivity contribution in [2.45, 2.75) is 170 Å². The van der Waals surface area contributed by atoms with E-state index in [-0.39, 0.29) is 96.4 Å². The number of hydrogen-bond acceptors (Lipinski definition) is 12. The third-order valence-corrected chi connectivity index (χ3v) is 20.5. The van der Waals surface area contributed by atoms with Crippen LogP contribution in [0.3, 0.4) is 0 Å². The zero-order chi connectivity index (χ0) is 55.1. The first-order valence-electron chi connectivity index (χ1n) is 29.9. The van der Waals surface area contributed by atoms with E-state index in [4.69, 9.17) is 23.4 Å². The van der Waals surface area contributed by atoms with Gasteiger partial charge in [0.1, 0.15) is 18.1 Å². The van der Waals surface area contributed by atoms with Crippen LogP contribution in [0.15, 0.2) is 117 Å². The summed E-state index contributed by atoms with van der Waals surface area (Å²) >= 11 is 0. The second kappa shape index (κ2) is 23.2. The number of carbonyl (C=O) groups is 2. The molecule has 80 heavy (non-hydrogen) atoms. The molecule has 0 amide bonds. The Morgan fingerprint density at radius 3 is 2.48 bits per heavy atom. The molecule has 0 unspecified atom stereocenters. The molecule has 0 saturated heterocycles. The van der Waals surface area contributed by atoms with E-state index in [0.29, 0.717) is 41.0 Å². The van der Waals surface area contributed by atoms with Gasteiger partial charge >= 0.3 is 17.6 Å². The monoisotopic (exact) mass is 1090 g/mol. The van der Waals surface area contributed by atoms with Crippen molar-refractivity contribution in [3.05, 3.63) is 169 Å². The third-order valence-electron chi connectivity index (χ3n) is 20.5. The lowest BCUT2D eigenvalue weighted by atomic mass is 9.54. The van der Waals surface area contributed by atoms with Crippen LogP contribution in [-0.2, 0) is 48.7 Å². The second-order valence-electron chi connectivity index (χ2n) is 24.5. The molecule has 11 atom stereocenters. The van der Waals surface area contributed by atoms with Crippen LogP contribution in [0.4, 0.5) is 0 Å². The molecule has 4 N–H and O–H groups in total. The summed E-state index contributed by atoms with van der Waals surface area (Å²) in [7, 11) is 0. The zero-order valence-electron chi connectivity index (χ0n) is 46.3. The molecule has 3 saturated carbocycles. The van der Waals surface area contributed by atoms with E-state index in [1.807, 2.05) is 0 Å². The van der Waals surface area contributed by atoms with Gasteiger partial charge < -0.3 is 43.8 Å². The molecule has 4 heterocycles. The van der Waals surface area contributed by atoms with Crippen molar-refractivity contribution < 1.29 is 53.4 Å². The van der Waals surface area contributed by atoms with E-state index < -0.39 is 54.7 Å². The van der Waals surface area contributed by atoms with Crippen LogP contribution >= 0.6 is 0 Å². The molecule has 3 aliphatic heterocycles. The van der Waals surface area contributed by atoms with Gasteiger partial charge in [-0.25, -0.2) is 9.59 Å². The van der Waals surface area contributed by atoms with E-state index in [0.717, 1.165) is 68.9 Å². The summed E-state index contributed by atoms with van der Waals surface area (Å²) in [6.45, 7) is -0.250. The van der Waals surface area contributed by atoms with E-state index in [1.165, 1.54) is 47.9 Å². The molecule has 1 aromatic heterocycles. The van der Waals surface area contributed by atoms with Gasteiger partial charge in [0.25, 0.3) is 0 Å². The first kappa shape index (κ1) is 54.7. The SMILES string of the molecule is C/C(CO)=C1\CCc2ccc(cc2)[C@@H]2CC[C@H](c3cccc([C@]45CCCC[C@@H]4CCc4ccccc45)c3)C[C@H]2CC(=O)O[C@@H]2c3c(ccc4c(CO)c([C@H](CCO)COCO)c(=O)oc34)O[C@]3(CC=C[C@@H]4CCCC[C@H]43)[C@H]2OC1=O. The van der Waals surface area contributed by atoms with Crippen molar-refractivity contribution in [1.82, 2.24) is 0 Å². The number of ether oxygens (including phenoxy) is 4. The van der Waals surface area contributed by atoms with E-state index in [9.17, 15) is 25.2 Å². The van der Waals surface area contributed by atoms with Crippen LogP contribution in [0.1, 0.15) is 184 Å². The van der Waals surface area contributed by atoms with Gasteiger partial charge in [0.15, 0.2) is 17.8 Å². The minimum absolute atomic E-state index is 0.0252. The number of hydrogen-bond donors (Lipinski definition) is 4. The van der Waals surface area contributed by atoms with Gasteiger partial charge in [-0.1, -0.05) is 111 Å². The fourth-order valence-corrected chi connectivity index (χ4v) is 16.6. The van der Waals surface area contributed by atoms with Gasteiger partial charge in [0.2, 0.25) is 0 Å². The van der Waals surface area contributed by atoms with Crippen molar-refractivity contribution in [2.24, 2.45) is 23.7 Å². The quantitative estimate of drug-likeness (QED) is 0.0342. The van der Waals surface area contributed by atoms with Crippen molar-refractivity contribution in [2.75, 3.05) is 26.6 Å². The lowest BCUT2D eigenvalue weighted by Crippen LogP contribution is -2.62. The zero-order valence-corrected chi connectivity index (χ0v) is 46.3. The predicted octanol–water partition coefficient (Wildman–Crippen LogP) is 11.5. The number of carbonyl (C=O) groups excluding carboxylic acids is 2. The highest BCUT2D eigenvalue weighted by molar-refractivity contribution is 5.90. The lowest BCUT2D eigenvalue weighted by molar-refractivity contribution is -0.208. The predicted molar refractivity (Wildman–Crippen MR) is 303 cm³/mol. The van der Waals surface area contributed by atoms with Gasteiger partial charge in [-0.3, -0.25) is 4.79 Å². The average molecular weight is 1090 g/mol. The molecule has 5 aromatic rings. The summed E-state index contributed by atoms with van der Waals surface area (Å²) in [5.41, 5.74) is 7.25. The van der Waals surface area contributed by atoms with Gasteiger partial charge in [-0.15, -0.1) is 0 Å². The third kappa shape index (κ3) is 9.78. The van der Waals surface area contributed by atoms with Gasteiger partial charge in [0, 0.05) is 53.2 Å². The Kier molecular flexibility index (Phi) is 15.8. The highest BCUT2D eigenvalue weighted by Crippen LogP contribution is 2.58. The van der Waals surface area contributed by atoms with Crippen LogP contribution in [0.25, 0.3) is 11.0 Å². The molecular weight excluding hydrogens is 1010 g/mol. The van der Waals surface area contributed by atoms with Crippen molar-refractivity contribution in [3.63, 3.8) is 0 Å². The van der Waals surface area contributed by atoms with Crippen LogP contribution in [0.5, 0.6) is 5.75 Å². The molecule has 8 aliphatic rings. The molecule has 422 valence electrons. The summed E-state index contributed by atoms with van der Waals surface area (Å²) < 4.78 is 33.2. The van der Waals surface area contributed by atoms with Crippen molar-refractivity contribution in [1.29, 1.82) is 0 Å². The number of aryl methyl sites for hydroxylation is 2. The van der Waals surface area contributed by atoms with E-state index >= 15 is 9.59 Å². The molecule has 1 spiro atoms. The molecule has 0 radical (unpaired) electrons. The van der Waals surface area contributed by atoms with Crippen LogP contribution in [-0.4, -0.2) is 70.7 Å². The van der Waals surface area contributed by atoms with Gasteiger partial charge in [0.05, 0.1) is 25.4 Å². The first-order chi connectivity index (χ1) is 39.1. The standard InChI is InChI=1S/C68H78O12/c1-41(37-70)52-26-20-42-18-21-43(22-19-42)53-27-24-47(46-12-8-15-51(35-46)67-31-7-6-14-50(67)25-23-45-11-2-4-16-56(45)67)34-49(53)36-59(73)77-63-61-58(80-68(64(63)79-65(52)74)32-9-13-44-10-3-5-17-57(44)68)29-28-54-55(38-71)60(66(75)78-62(54)61)48(30-33-69)39-76-40-72/h2,4,8-9,11-13,15-16,18-19,21-22,28-29,35,44,47-50,53,57,63-64,69-72H,3,5-7,10,14,17,20,23-27,30-34,36-40H2,1H3/b52-41-/t44-,47-,48+,49-,50+,53-,57+,63+,64-,67-,68-/m0/s1. The Bertz CT molecular complexity index is 3230. The number of aliphatic hydroxyl groups excluding tert-OH is 4. The highest BCUT2D eigenvalue weighted by Gasteiger charge is 2.61.